The number of benzene rings is 3. The molecule has 212 valence electrons. The third kappa shape index (κ3) is 5.21. The van der Waals surface area contributed by atoms with Crippen molar-refractivity contribution < 1.29 is 13.5 Å². The molecule has 0 atom stereocenters. The minimum atomic E-state index is -0.531. The van der Waals surface area contributed by atoms with Crippen molar-refractivity contribution in [1.82, 2.24) is 29.5 Å². The van der Waals surface area contributed by atoms with Crippen molar-refractivity contribution in [3.8, 4) is 23.2 Å². The van der Waals surface area contributed by atoms with Crippen LogP contribution in [0.3, 0.4) is 0 Å². The molecule has 0 saturated heterocycles. The van der Waals surface area contributed by atoms with Crippen LogP contribution in [0.25, 0.3) is 22.3 Å². The topological polar surface area (TPSA) is 94.4 Å². The normalized spacial score (nSPS) is 13.6. The summed E-state index contributed by atoms with van der Waals surface area (Å²) in [5, 5.41) is 17.2. The first-order chi connectivity index (χ1) is 21.0. The minimum Gasteiger partial charge on any atom is -0.473 e. The molecule has 43 heavy (non-hydrogen) atoms. The van der Waals surface area contributed by atoms with Gasteiger partial charge in [-0.15, -0.1) is 5.10 Å². The van der Waals surface area contributed by atoms with Crippen molar-refractivity contribution in [2.24, 2.45) is 0 Å². The van der Waals surface area contributed by atoms with Crippen LogP contribution in [-0.2, 0) is 25.1 Å². The van der Waals surface area contributed by atoms with E-state index < -0.39 is 11.6 Å². The van der Waals surface area contributed by atoms with Gasteiger partial charge in [0.25, 0.3) is 0 Å². The SMILES string of the molecule is N#Cc1ccc(COc2cccc(-c3ccc(Cc4nc5ccccc5n4CC4(n5ccnn5)CC4)cc3F)n2)c(F)c1. The number of nitriles is 1. The Hall–Kier alpha value is -5.43. The monoisotopic (exact) mass is 573 g/mol. The van der Waals surface area contributed by atoms with Crippen LogP contribution in [0.2, 0.25) is 0 Å². The standard InChI is InChI=1S/C33H25F2N7O/c34-26-17-23(19-36)8-10-24(26)20-43-32-7-3-5-28(39-32)25-11-9-22(16-27(25)35)18-31-38-29-4-1-2-6-30(29)41(31)21-33(12-13-33)42-15-14-37-40-42/h1-11,14-17H,12-13,18,20-21H2. The smallest absolute Gasteiger partial charge is 0.214 e. The third-order valence-electron chi connectivity index (χ3n) is 7.87. The van der Waals surface area contributed by atoms with Gasteiger partial charge < -0.3 is 9.30 Å². The summed E-state index contributed by atoms with van der Waals surface area (Å²) < 4.78 is 39.6. The molecule has 0 radical (unpaired) electrons. The summed E-state index contributed by atoms with van der Waals surface area (Å²) in [5.41, 5.74) is 3.83. The van der Waals surface area contributed by atoms with Crippen molar-refractivity contribution in [2.75, 3.05) is 0 Å². The highest BCUT2D eigenvalue weighted by molar-refractivity contribution is 5.76. The molecule has 0 bridgehead atoms. The van der Waals surface area contributed by atoms with E-state index in [9.17, 15) is 4.39 Å². The molecule has 7 rings (SSSR count). The lowest BCUT2D eigenvalue weighted by atomic mass is 10.1. The summed E-state index contributed by atoms with van der Waals surface area (Å²) in [6, 6.07) is 24.3. The Balaban J connectivity index is 1.12. The summed E-state index contributed by atoms with van der Waals surface area (Å²) in [5.74, 6) is 0.142. The maximum atomic E-state index is 15.5. The van der Waals surface area contributed by atoms with E-state index in [2.05, 4.69) is 25.9 Å². The van der Waals surface area contributed by atoms with Gasteiger partial charge in [-0.1, -0.05) is 35.5 Å². The van der Waals surface area contributed by atoms with Gasteiger partial charge in [-0.2, -0.15) is 5.26 Å². The van der Waals surface area contributed by atoms with Gasteiger partial charge in [0.1, 0.15) is 24.1 Å². The molecular weight excluding hydrogens is 548 g/mol. The van der Waals surface area contributed by atoms with Crippen molar-refractivity contribution >= 4 is 11.0 Å². The first-order valence-electron chi connectivity index (χ1n) is 13.9. The summed E-state index contributed by atoms with van der Waals surface area (Å²) in [6.07, 6.45) is 6.06. The molecular formula is C33H25F2N7O. The largest absolute Gasteiger partial charge is 0.473 e. The van der Waals surface area contributed by atoms with Crippen LogP contribution in [-0.4, -0.2) is 29.5 Å². The van der Waals surface area contributed by atoms with E-state index >= 15 is 4.39 Å². The van der Waals surface area contributed by atoms with Crippen molar-refractivity contribution in [2.45, 2.75) is 38.0 Å². The van der Waals surface area contributed by atoms with Crippen LogP contribution < -0.4 is 4.74 Å². The van der Waals surface area contributed by atoms with Gasteiger partial charge in [0.15, 0.2) is 0 Å². The molecule has 10 heteroatoms. The van der Waals surface area contributed by atoms with Crippen molar-refractivity contribution in [3.63, 3.8) is 0 Å². The van der Waals surface area contributed by atoms with E-state index in [0.29, 0.717) is 29.8 Å². The number of imidazole rings is 1. The van der Waals surface area contributed by atoms with Gasteiger partial charge in [0.2, 0.25) is 5.88 Å². The quantitative estimate of drug-likeness (QED) is 0.205. The predicted molar refractivity (Wildman–Crippen MR) is 155 cm³/mol. The van der Waals surface area contributed by atoms with Gasteiger partial charge in [0, 0.05) is 36.4 Å². The van der Waals surface area contributed by atoms with Gasteiger partial charge >= 0.3 is 0 Å². The lowest BCUT2D eigenvalue weighted by Crippen LogP contribution is -2.25. The molecule has 0 spiro atoms. The van der Waals surface area contributed by atoms with Crippen LogP contribution in [0, 0.1) is 23.0 Å². The third-order valence-corrected chi connectivity index (χ3v) is 7.87. The molecule has 0 N–H and O–H groups in total. The zero-order chi connectivity index (χ0) is 29.4. The van der Waals surface area contributed by atoms with Crippen LogP contribution in [0.1, 0.15) is 35.4 Å². The van der Waals surface area contributed by atoms with Crippen molar-refractivity contribution in [1.29, 1.82) is 5.26 Å². The Bertz CT molecular complexity index is 1990. The fourth-order valence-corrected chi connectivity index (χ4v) is 5.39. The molecule has 1 aliphatic rings. The van der Waals surface area contributed by atoms with E-state index in [1.54, 1.807) is 30.5 Å². The Kier molecular flexibility index (Phi) is 6.62. The Morgan fingerprint density at radius 2 is 1.81 bits per heavy atom. The maximum Gasteiger partial charge on any atom is 0.214 e. The van der Waals surface area contributed by atoms with Gasteiger partial charge in [0.05, 0.1) is 40.1 Å². The minimum absolute atomic E-state index is 0.0748. The highest BCUT2D eigenvalue weighted by Crippen LogP contribution is 2.45. The number of nitrogens with zero attached hydrogens (tertiary/aromatic N) is 7. The van der Waals surface area contributed by atoms with E-state index in [1.807, 2.05) is 41.2 Å². The van der Waals surface area contributed by atoms with E-state index in [-0.39, 0.29) is 23.6 Å². The number of aromatic nitrogens is 6. The number of halogens is 2. The molecule has 8 nitrogen and oxygen atoms in total. The molecule has 6 aromatic rings. The summed E-state index contributed by atoms with van der Waals surface area (Å²) in [4.78, 5) is 9.35. The zero-order valence-corrected chi connectivity index (χ0v) is 23.0. The van der Waals surface area contributed by atoms with Gasteiger partial charge in [-0.05, 0) is 60.9 Å². The van der Waals surface area contributed by atoms with Crippen LogP contribution in [0.5, 0.6) is 5.88 Å². The Labute approximate surface area is 245 Å². The van der Waals surface area contributed by atoms with Gasteiger partial charge in [-0.3, -0.25) is 0 Å². The zero-order valence-electron chi connectivity index (χ0n) is 23.0. The molecule has 3 aromatic heterocycles. The number of rotatable bonds is 9. The molecule has 0 aliphatic heterocycles. The first-order valence-corrected chi connectivity index (χ1v) is 13.9. The summed E-state index contributed by atoms with van der Waals surface area (Å²) in [6.45, 7) is 0.629. The van der Waals surface area contributed by atoms with Crippen LogP contribution in [0.15, 0.2) is 91.3 Å². The molecule has 1 aliphatic carbocycles. The second kappa shape index (κ2) is 10.8. The Morgan fingerprint density at radius 1 is 0.930 bits per heavy atom. The fourth-order valence-electron chi connectivity index (χ4n) is 5.39. The number of ether oxygens (including phenoxy) is 1. The highest BCUT2D eigenvalue weighted by Gasteiger charge is 2.46. The highest BCUT2D eigenvalue weighted by atomic mass is 19.1. The maximum absolute atomic E-state index is 15.5. The molecule has 0 unspecified atom stereocenters. The van der Waals surface area contributed by atoms with Crippen LogP contribution >= 0.6 is 0 Å². The number of pyridine rings is 1. The van der Waals surface area contributed by atoms with Crippen LogP contribution in [0.4, 0.5) is 8.78 Å². The summed E-state index contributed by atoms with van der Waals surface area (Å²) in [7, 11) is 0. The lowest BCUT2D eigenvalue weighted by Gasteiger charge is -2.18. The number of hydrogen-bond donors (Lipinski definition) is 0. The van der Waals surface area contributed by atoms with Gasteiger partial charge in [-0.25, -0.2) is 23.4 Å². The number of fused-ring (bicyclic) bond motifs is 1. The van der Waals surface area contributed by atoms with Crippen molar-refractivity contribution in [3.05, 3.63) is 125 Å². The number of para-hydroxylation sites is 2. The second-order valence-corrected chi connectivity index (χ2v) is 10.7. The van der Waals surface area contributed by atoms with E-state index in [0.717, 1.165) is 41.3 Å². The molecule has 1 saturated carbocycles. The molecule has 0 amide bonds. The second-order valence-electron chi connectivity index (χ2n) is 10.7. The molecule has 3 aromatic carbocycles. The average molecular weight is 574 g/mol. The summed E-state index contributed by atoms with van der Waals surface area (Å²) >= 11 is 0. The average Bonchev–Trinajstić information content (AvgIpc) is 3.42. The van der Waals surface area contributed by atoms with E-state index in [1.165, 1.54) is 18.2 Å². The molecule has 3 heterocycles. The van der Waals surface area contributed by atoms with E-state index in [4.69, 9.17) is 15.0 Å². The predicted octanol–water partition coefficient (Wildman–Crippen LogP) is 6.20. The number of hydrogen-bond acceptors (Lipinski definition) is 6. The fraction of sp³-hybridized carbons (Fsp3) is 0.182. The lowest BCUT2D eigenvalue weighted by molar-refractivity contribution is 0.288. The molecule has 1 fully saturated rings. The first kappa shape index (κ1) is 26.5. The Morgan fingerprint density at radius 3 is 2.58 bits per heavy atom.